The second kappa shape index (κ2) is 16.6. The number of amides is 2. The number of likely N-dealkylation sites (tertiary alicyclic amines) is 1. The van der Waals surface area contributed by atoms with Gasteiger partial charge in [-0.3, -0.25) is 9.36 Å². The minimum atomic E-state index is -4.67. The third-order valence-corrected chi connectivity index (χ3v) is 10.5. The quantitative estimate of drug-likeness (QED) is 0.178. The van der Waals surface area contributed by atoms with Crippen molar-refractivity contribution in [2.24, 2.45) is 0 Å². The number of rotatable bonds is 7. The maximum atomic E-state index is 14.0. The number of nitrogens with zero attached hydrogens (tertiary/aromatic N) is 7. The first kappa shape index (κ1) is 42.1. The molecule has 300 valence electrons. The Bertz CT molecular complexity index is 2460. The third kappa shape index (κ3) is 9.51. The van der Waals surface area contributed by atoms with E-state index in [1.165, 1.54) is 61.1 Å². The highest BCUT2D eigenvalue weighted by molar-refractivity contribution is 7.85. The topological polar surface area (TPSA) is 175 Å². The number of halogens is 3. The number of benzene rings is 3. The second-order valence-corrected chi connectivity index (χ2v) is 15.7. The van der Waals surface area contributed by atoms with Gasteiger partial charge in [-0.25, -0.2) is 27.3 Å². The number of nitrogens with one attached hydrogen (secondary N) is 1. The van der Waals surface area contributed by atoms with Crippen LogP contribution in [0.1, 0.15) is 36.6 Å². The Balaban J connectivity index is 0.000000540. The summed E-state index contributed by atoms with van der Waals surface area (Å²) >= 11 is 0. The van der Waals surface area contributed by atoms with Crippen molar-refractivity contribution in [3.63, 3.8) is 0 Å². The van der Waals surface area contributed by atoms with E-state index in [0.717, 1.165) is 38.6 Å². The van der Waals surface area contributed by atoms with E-state index in [9.17, 15) is 45.8 Å². The molecule has 3 heterocycles. The predicted octanol–water partition coefficient (Wildman–Crippen LogP) is 4.92. The summed E-state index contributed by atoms with van der Waals surface area (Å²) < 4.78 is 75.8. The van der Waals surface area contributed by atoms with Crippen molar-refractivity contribution in [1.29, 1.82) is 5.26 Å². The highest BCUT2D eigenvalue weighted by atomic mass is 32.2. The van der Waals surface area contributed by atoms with Gasteiger partial charge in [-0.2, -0.15) is 23.5 Å². The molecule has 2 aromatic heterocycles. The molecule has 5 aromatic rings. The van der Waals surface area contributed by atoms with Crippen LogP contribution >= 0.6 is 0 Å². The van der Waals surface area contributed by atoms with Crippen molar-refractivity contribution >= 4 is 22.1 Å². The Hall–Kier alpha value is -6.03. The standard InChI is InChI=1S/C33H35F3N8O3.C6H6O3S/c1-21(30(45)40-17-14-27(15-18-40)44(3,4)5)39-31(46)42-29(28-13-16-38-43(28)25-11-9-23(20-37)10-12-25)22(2)41(32(42)47)26-8-6-7-24(19-26)33(34,35)36;7-10(8,9)6-4-2-1-3-5-6/h6-13,16,19,21,27H,14-15,17-18H2,1-5H3;1-5H,(H,7,8,9)/t21-;/m0./s1. The van der Waals surface area contributed by atoms with E-state index < -0.39 is 39.6 Å². The number of alkyl halides is 3. The lowest BCUT2D eigenvalue weighted by Crippen LogP contribution is -2.55. The van der Waals surface area contributed by atoms with Crippen LogP contribution < -0.4 is 11.0 Å². The van der Waals surface area contributed by atoms with Gasteiger partial charge in [-0.15, -0.1) is 0 Å². The molecule has 1 saturated heterocycles. The largest absolute Gasteiger partial charge is 0.744 e. The molecule has 1 N–H and O–H groups in total. The molecule has 1 atom stereocenters. The van der Waals surface area contributed by atoms with E-state index in [2.05, 4.69) is 31.6 Å². The maximum Gasteiger partial charge on any atom is 0.416 e. The number of aromatic nitrogens is 4. The molecule has 18 heteroatoms. The minimum Gasteiger partial charge on any atom is -0.744 e. The molecule has 0 saturated carbocycles. The fourth-order valence-corrected chi connectivity index (χ4v) is 7.11. The lowest BCUT2D eigenvalue weighted by atomic mass is 10.0. The van der Waals surface area contributed by atoms with Crippen LogP contribution in [0.25, 0.3) is 22.8 Å². The van der Waals surface area contributed by atoms with Gasteiger partial charge in [-0.1, -0.05) is 24.3 Å². The highest BCUT2D eigenvalue weighted by Gasteiger charge is 2.35. The molecular formula is C39H41F3N8O6S. The van der Waals surface area contributed by atoms with Gasteiger partial charge in [0, 0.05) is 25.9 Å². The molecule has 57 heavy (non-hydrogen) atoms. The highest BCUT2D eigenvalue weighted by Crippen LogP contribution is 2.32. The number of hydrogen-bond donors (Lipinski definition) is 1. The summed E-state index contributed by atoms with van der Waals surface area (Å²) in [7, 11) is 2.08. The number of carbonyl (C=O) groups excluding carboxylic acids is 2. The summed E-state index contributed by atoms with van der Waals surface area (Å²) in [4.78, 5) is 42.9. The zero-order valence-electron chi connectivity index (χ0n) is 31.8. The van der Waals surface area contributed by atoms with Crippen molar-refractivity contribution in [2.75, 3.05) is 34.2 Å². The van der Waals surface area contributed by atoms with Gasteiger partial charge < -0.3 is 19.3 Å². The lowest BCUT2D eigenvalue weighted by molar-refractivity contribution is -0.897. The van der Waals surface area contributed by atoms with Crippen LogP contribution in [0.4, 0.5) is 18.0 Å². The summed E-state index contributed by atoms with van der Waals surface area (Å²) in [5, 5.41) is 16.2. The van der Waals surface area contributed by atoms with Gasteiger partial charge in [0.05, 0.1) is 78.2 Å². The molecule has 1 aliphatic rings. The fraction of sp³-hybridized carbons (Fsp3) is 0.308. The van der Waals surface area contributed by atoms with E-state index >= 15 is 0 Å². The van der Waals surface area contributed by atoms with Crippen molar-refractivity contribution < 1.29 is 40.2 Å². The molecule has 0 bridgehead atoms. The van der Waals surface area contributed by atoms with Gasteiger partial charge in [-0.05, 0) is 74.5 Å². The minimum absolute atomic E-state index is 0.0650. The lowest BCUT2D eigenvalue weighted by Gasteiger charge is -2.40. The molecule has 0 aliphatic carbocycles. The van der Waals surface area contributed by atoms with Gasteiger partial charge in [0.1, 0.15) is 21.9 Å². The smallest absolute Gasteiger partial charge is 0.416 e. The Morgan fingerprint density at radius 1 is 0.965 bits per heavy atom. The molecule has 2 amide bonds. The van der Waals surface area contributed by atoms with Crippen molar-refractivity contribution in [3.05, 3.63) is 118 Å². The van der Waals surface area contributed by atoms with Crippen LogP contribution in [0.15, 0.2) is 101 Å². The Morgan fingerprint density at radius 3 is 2.14 bits per heavy atom. The van der Waals surface area contributed by atoms with E-state index in [1.807, 2.05) is 6.07 Å². The summed E-state index contributed by atoms with van der Waals surface area (Å²) in [6.45, 7) is 4.11. The first-order chi connectivity index (χ1) is 26.7. The first-order valence-electron chi connectivity index (χ1n) is 17.7. The molecule has 0 radical (unpaired) electrons. The van der Waals surface area contributed by atoms with Crippen LogP contribution in [0.2, 0.25) is 0 Å². The van der Waals surface area contributed by atoms with Gasteiger partial charge in [0.2, 0.25) is 5.91 Å². The Morgan fingerprint density at radius 2 is 1.60 bits per heavy atom. The molecule has 3 aromatic carbocycles. The first-order valence-corrected chi connectivity index (χ1v) is 19.1. The summed E-state index contributed by atoms with van der Waals surface area (Å²) in [5.74, 6) is -0.301. The average Bonchev–Trinajstić information content (AvgIpc) is 3.75. The SMILES string of the molecule is Cc1c(-c2ccnn2-c2ccc(C#N)cc2)n(C(=O)N[C@@H](C)C(=O)N2CCC([N+](C)(C)C)CC2)c(=O)n1-c1cccc(C(F)(F)F)c1.O=S(=O)([O-])c1ccccc1. The molecule has 1 fully saturated rings. The van der Waals surface area contributed by atoms with Gasteiger partial charge in [0.15, 0.2) is 0 Å². The zero-order chi connectivity index (χ0) is 41.9. The third-order valence-electron chi connectivity index (χ3n) is 9.66. The van der Waals surface area contributed by atoms with Gasteiger partial charge in [0.25, 0.3) is 0 Å². The van der Waals surface area contributed by atoms with E-state index in [-0.39, 0.29) is 33.6 Å². The molecule has 6 rings (SSSR count). The zero-order valence-corrected chi connectivity index (χ0v) is 32.6. The van der Waals surface area contributed by atoms with E-state index in [4.69, 9.17) is 0 Å². The second-order valence-electron chi connectivity index (χ2n) is 14.3. The van der Waals surface area contributed by atoms with Crippen molar-refractivity contribution in [2.45, 2.75) is 49.8 Å². The van der Waals surface area contributed by atoms with Gasteiger partial charge >= 0.3 is 17.9 Å². The predicted molar refractivity (Wildman–Crippen MR) is 202 cm³/mol. The average molecular weight is 807 g/mol. The number of hydrogen-bond acceptors (Lipinski definition) is 8. The molecule has 0 spiro atoms. The molecule has 14 nitrogen and oxygen atoms in total. The van der Waals surface area contributed by atoms with E-state index in [0.29, 0.717) is 30.4 Å². The number of quaternary nitrogens is 1. The Kier molecular flexibility index (Phi) is 12.3. The summed E-state index contributed by atoms with van der Waals surface area (Å²) in [5.41, 5.74) is -0.547. The number of imidazole rings is 1. The van der Waals surface area contributed by atoms with Crippen LogP contribution in [0.5, 0.6) is 0 Å². The van der Waals surface area contributed by atoms with E-state index in [1.54, 1.807) is 41.3 Å². The number of carbonyl (C=O) groups is 2. The van der Waals surface area contributed by atoms with Crippen molar-refractivity contribution in [1.82, 2.24) is 29.1 Å². The van der Waals surface area contributed by atoms with Crippen LogP contribution in [0, 0.1) is 18.3 Å². The van der Waals surface area contributed by atoms with Crippen LogP contribution in [0.3, 0.4) is 0 Å². The van der Waals surface area contributed by atoms with Crippen molar-refractivity contribution in [3.8, 4) is 28.8 Å². The number of nitriles is 1. The number of piperidine rings is 1. The molecular weight excluding hydrogens is 766 g/mol. The Labute approximate surface area is 327 Å². The fourth-order valence-electron chi connectivity index (χ4n) is 6.62. The summed E-state index contributed by atoms with van der Waals surface area (Å²) in [6, 6.07) is 20.0. The maximum absolute atomic E-state index is 14.0. The summed E-state index contributed by atoms with van der Waals surface area (Å²) in [6.07, 6.45) is -1.61. The van der Waals surface area contributed by atoms with Crippen LogP contribution in [-0.4, -0.2) is 99.5 Å². The normalized spacial score (nSPS) is 14.3. The van der Waals surface area contributed by atoms with Crippen LogP contribution in [-0.2, 0) is 21.1 Å². The molecule has 1 aliphatic heterocycles. The molecule has 0 unspecified atom stereocenters. The monoisotopic (exact) mass is 806 g/mol.